The average Bonchev–Trinajstić information content (AvgIpc) is 2.45. The standard InChI is InChI=1S/C15H22N2O4/c1-21-9-8-17-14(18)6-7-16-11-13-4-2-12(3-5-13)10-15(19)20/h2-5,16H,6-11H2,1H3,(H,17,18)(H,19,20). The lowest BCUT2D eigenvalue weighted by Gasteiger charge is -2.07. The van der Waals surface area contributed by atoms with Crippen LogP contribution in [0.5, 0.6) is 0 Å². The number of hydrogen-bond acceptors (Lipinski definition) is 4. The van der Waals surface area contributed by atoms with Crippen molar-refractivity contribution in [1.29, 1.82) is 0 Å². The molecule has 0 heterocycles. The highest BCUT2D eigenvalue weighted by molar-refractivity contribution is 5.76. The maximum absolute atomic E-state index is 11.4. The molecule has 116 valence electrons. The van der Waals surface area contributed by atoms with Crippen molar-refractivity contribution in [2.24, 2.45) is 0 Å². The number of carbonyl (C=O) groups excluding carboxylic acids is 1. The van der Waals surface area contributed by atoms with Crippen LogP contribution in [-0.4, -0.2) is 43.8 Å². The third-order valence-electron chi connectivity index (χ3n) is 2.86. The van der Waals surface area contributed by atoms with E-state index in [1.165, 1.54) is 0 Å². The number of nitrogens with one attached hydrogen (secondary N) is 2. The van der Waals surface area contributed by atoms with Crippen LogP contribution in [0, 0.1) is 0 Å². The number of aliphatic carboxylic acids is 1. The van der Waals surface area contributed by atoms with Gasteiger partial charge in [-0.2, -0.15) is 0 Å². The predicted molar refractivity (Wildman–Crippen MR) is 79.0 cm³/mol. The van der Waals surface area contributed by atoms with Gasteiger partial charge in [0.1, 0.15) is 0 Å². The van der Waals surface area contributed by atoms with Gasteiger partial charge in [-0.15, -0.1) is 0 Å². The molecule has 0 aliphatic carbocycles. The maximum Gasteiger partial charge on any atom is 0.307 e. The summed E-state index contributed by atoms with van der Waals surface area (Å²) in [6, 6.07) is 7.40. The summed E-state index contributed by atoms with van der Waals surface area (Å²) in [7, 11) is 1.59. The summed E-state index contributed by atoms with van der Waals surface area (Å²) >= 11 is 0. The summed E-state index contributed by atoms with van der Waals surface area (Å²) in [4.78, 5) is 22.0. The Bertz CT molecular complexity index is 445. The van der Waals surface area contributed by atoms with Crippen LogP contribution >= 0.6 is 0 Å². The monoisotopic (exact) mass is 294 g/mol. The van der Waals surface area contributed by atoms with Crippen LogP contribution < -0.4 is 10.6 Å². The number of amides is 1. The molecule has 0 unspecified atom stereocenters. The van der Waals surface area contributed by atoms with Gasteiger partial charge in [0, 0.05) is 33.2 Å². The Morgan fingerprint density at radius 3 is 2.43 bits per heavy atom. The topological polar surface area (TPSA) is 87.7 Å². The molecule has 6 heteroatoms. The molecule has 0 fully saturated rings. The molecule has 0 saturated heterocycles. The van der Waals surface area contributed by atoms with Gasteiger partial charge in [0.2, 0.25) is 5.91 Å². The number of carboxylic acid groups (broad SMARTS) is 1. The molecule has 6 nitrogen and oxygen atoms in total. The molecule has 1 aromatic carbocycles. The number of hydrogen-bond donors (Lipinski definition) is 3. The average molecular weight is 294 g/mol. The van der Waals surface area contributed by atoms with Crippen molar-refractivity contribution in [1.82, 2.24) is 10.6 Å². The van der Waals surface area contributed by atoms with Crippen molar-refractivity contribution >= 4 is 11.9 Å². The van der Waals surface area contributed by atoms with Gasteiger partial charge in [-0.25, -0.2) is 0 Å². The first-order valence-corrected chi connectivity index (χ1v) is 6.88. The molecule has 3 N–H and O–H groups in total. The van der Waals surface area contributed by atoms with Crippen molar-refractivity contribution in [3.8, 4) is 0 Å². The molecule has 0 atom stereocenters. The zero-order valence-corrected chi connectivity index (χ0v) is 12.2. The van der Waals surface area contributed by atoms with Gasteiger partial charge in [-0.05, 0) is 11.1 Å². The summed E-state index contributed by atoms with van der Waals surface area (Å²) in [5, 5.41) is 14.6. The lowest BCUT2D eigenvalue weighted by Crippen LogP contribution is -2.29. The Morgan fingerprint density at radius 1 is 1.14 bits per heavy atom. The second-order valence-corrected chi connectivity index (χ2v) is 4.66. The van der Waals surface area contributed by atoms with Crippen molar-refractivity contribution < 1.29 is 19.4 Å². The van der Waals surface area contributed by atoms with Crippen LogP contribution in [0.15, 0.2) is 24.3 Å². The summed E-state index contributed by atoms with van der Waals surface area (Å²) in [5.41, 5.74) is 1.84. The van der Waals surface area contributed by atoms with Crippen LogP contribution in [-0.2, 0) is 27.3 Å². The molecule has 0 saturated carbocycles. The van der Waals surface area contributed by atoms with Crippen molar-refractivity contribution in [3.63, 3.8) is 0 Å². The lowest BCUT2D eigenvalue weighted by atomic mass is 10.1. The van der Waals surface area contributed by atoms with E-state index < -0.39 is 5.97 Å². The van der Waals surface area contributed by atoms with E-state index in [-0.39, 0.29) is 12.3 Å². The van der Waals surface area contributed by atoms with Gasteiger partial charge in [0.25, 0.3) is 0 Å². The first-order chi connectivity index (χ1) is 10.1. The molecule has 0 aromatic heterocycles. The maximum atomic E-state index is 11.4. The highest BCUT2D eigenvalue weighted by atomic mass is 16.5. The lowest BCUT2D eigenvalue weighted by molar-refractivity contribution is -0.136. The number of carboxylic acids is 1. The van der Waals surface area contributed by atoms with Gasteiger partial charge in [-0.1, -0.05) is 24.3 Å². The number of rotatable bonds is 10. The zero-order valence-electron chi connectivity index (χ0n) is 12.2. The molecular formula is C15H22N2O4. The second kappa shape index (κ2) is 9.90. The van der Waals surface area contributed by atoms with E-state index in [1.807, 2.05) is 24.3 Å². The fraction of sp³-hybridized carbons (Fsp3) is 0.467. The largest absolute Gasteiger partial charge is 0.481 e. The summed E-state index contributed by atoms with van der Waals surface area (Å²) in [5.74, 6) is -0.836. The summed E-state index contributed by atoms with van der Waals surface area (Å²) in [6.45, 7) is 2.29. The van der Waals surface area contributed by atoms with Crippen LogP contribution in [0.1, 0.15) is 17.5 Å². The Morgan fingerprint density at radius 2 is 1.81 bits per heavy atom. The smallest absolute Gasteiger partial charge is 0.307 e. The molecule has 1 aromatic rings. The molecule has 1 rings (SSSR count). The van der Waals surface area contributed by atoms with Crippen LogP contribution in [0.3, 0.4) is 0 Å². The molecule has 1 amide bonds. The molecular weight excluding hydrogens is 272 g/mol. The van der Waals surface area contributed by atoms with Crippen LogP contribution in [0.25, 0.3) is 0 Å². The Balaban J connectivity index is 2.17. The van der Waals surface area contributed by atoms with Crippen LogP contribution in [0.2, 0.25) is 0 Å². The fourth-order valence-corrected chi connectivity index (χ4v) is 1.77. The molecule has 0 spiro atoms. The van der Waals surface area contributed by atoms with E-state index in [1.54, 1.807) is 7.11 Å². The number of carbonyl (C=O) groups is 2. The fourth-order valence-electron chi connectivity index (χ4n) is 1.77. The normalized spacial score (nSPS) is 10.3. The minimum atomic E-state index is -0.833. The molecule has 21 heavy (non-hydrogen) atoms. The van der Waals surface area contributed by atoms with E-state index in [0.29, 0.717) is 32.7 Å². The van der Waals surface area contributed by atoms with Gasteiger partial charge in [-0.3, -0.25) is 9.59 Å². The first-order valence-electron chi connectivity index (χ1n) is 6.88. The van der Waals surface area contributed by atoms with E-state index in [4.69, 9.17) is 9.84 Å². The highest BCUT2D eigenvalue weighted by Gasteiger charge is 2.02. The van der Waals surface area contributed by atoms with Crippen molar-refractivity contribution in [3.05, 3.63) is 35.4 Å². The SMILES string of the molecule is COCCNC(=O)CCNCc1ccc(CC(=O)O)cc1. The third kappa shape index (κ3) is 8.06. The second-order valence-electron chi connectivity index (χ2n) is 4.66. The first kappa shape index (κ1) is 17.1. The van der Waals surface area contributed by atoms with Crippen molar-refractivity contribution in [2.75, 3.05) is 26.8 Å². The summed E-state index contributed by atoms with van der Waals surface area (Å²) in [6.07, 6.45) is 0.455. The molecule has 0 aliphatic rings. The van der Waals surface area contributed by atoms with Crippen LogP contribution in [0.4, 0.5) is 0 Å². The molecule has 0 radical (unpaired) electrons. The Hall–Kier alpha value is -1.92. The van der Waals surface area contributed by atoms with E-state index in [9.17, 15) is 9.59 Å². The summed E-state index contributed by atoms with van der Waals surface area (Å²) < 4.78 is 4.84. The Labute approximate surface area is 124 Å². The van der Waals surface area contributed by atoms with Gasteiger partial charge < -0.3 is 20.5 Å². The van der Waals surface area contributed by atoms with Gasteiger partial charge >= 0.3 is 5.97 Å². The van der Waals surface area contributed by atoms with Crippen molar-refractivity contribution in [2.45, 2.75) is 19.4 Å². The number of ether oxygens (including phenoxy) is 1. The Kier molecular flexibility index (Phi) is 8.08. The quantitative estimate of drug-likeness (QED) is 0.549. The van der Waals surface area contributed by atoms with E-state index >= 15 is 0 Å². The minimum absolute atomic E-state index is 0.00337. The number of methoxy groups -OCH3 is 1. The highest BCUT2D eigenvalue weighted by Crippen LogP contribution is 2.05. The van der Waals surface area contributed by atoms with E-state index in [0.717, 1.165) is 11.1 Å². The minimum Gasteiger partial charge on any atom is -0.481 e. The van der Waals surface area contributed by atoms with Gasteiger partial charge in [0.05, 0.1) is 13.0 Å². The third-order valence-corrected chi connectivity index (χ3v) is 2.86. The number of benzene rings is 1. The molecule has 0 aliphatic heterocycles. The van der Waals surface area contributed by atoms with Gasteiger partial charge in [0.15, 0.2) is 0 Å². The zero-order chi connectivity index (χ0) is 15.5. The van der Waals surface area contributed by atoms with E-state index in [2.05, 4.69) is 10.6 Å². The predicted octanol–water partition coefficient (Wildman–Crippen LogP) is 0.556. The molecule has 0 bridgehead atoms.